The highest BCUT2D eigenvalue weighted by atomic mass is 35.5. The summed E-state index contributed by atoms with van der Waals surface area (Å²) in [4.78, 5) is 26.5. The molecule has 2 aliphatic carbocycles. The van der Waals surface area contributed by atoms with E-state index in [0.717, 1.165) is 19.3 Å². The zero-order valence-electron chi connectivity index (χ0n) is 10.4. The SMILES string of the molecule is O=C1[C@@H]2[C@@H]3CC[C@H](C3)[C@@H]2C(=O)N1c1cccc(Cl)c1. The normalized spacial score (nSPS) is 36.2. The summed E-state index contributed by atoms with van der Waals surface area (Å²) in [7, 11) is 0. The summed E-state index contributed by atoms with van der Waals surface area (Å²) >= 11 is 5.96. The molecule has 1 saturated heterocycles. The molecule has 1 aromatic rings. The minimum Gasteiger partial charge on any atom is -0.274 e. The maximum absolute atomic E-state index is 12.6. The first-order valence-electron chi connectivity index (χ1n) is 6.80. The van der Waals surface area contributed by atoms with Crippen LogP contribution in [0.1, 0.15) is 19.3 Å². The predicted molar refractivity (Wildman–Crippen MR) is 71.8 cm³/mol. The fourth-order valence-corrected chi connectivity index (χ4v) is 4.46. The molecule has 0 spiro atoms. The lowest BCUT2D eigenvalue weighted by Crippen LogP contribution is -2.32. The van der Waals surface area contributed by atoms with Crippen molar-refractivity contribution in [3.05, 3.63) is 29.3 Å². The van der Waals surface area contributed by atoms with E-state index in [2.05, 4.69) is 0 Å². The first-order valence-corrected chi connectivity index (χ1v) is 7.18. The van der Waals surface area contributed by atoms with Crippen LogP contribution in [0.2, 0.25) is 5.02 Å². The van der Waals surface area contributed by atoms with Gasteiger partial charge in [0, 0.05) is 5.02 Å². The third-order valence-corrected chi connectivity index (χ3v) is 5.23. The summed E-state index contributed by atoms with van der Waals surface area (Å²) in [6.07, 6.45) is 3.28. The average Bonchev–Trinajstić information content (AvgIpc) is 3.04. The van der Waals surface area contributed by atoms with Gasteiger partial charge in [-0.05, 0) is 49.3 Å². The van der Waals surface area contributed by atoms with Gasteiger partial charge in [0.2, 0.25) is 11.8 Å². The fourth-order valence-electron chi connectivity index (χ4n) is 4.28. The Labute approximate surface area is 116 Å². The number of amides is 2. The number of hydrogen-bond donors (Lipinski definition) is 0. The van der Waals surface area contributed by atoms with E-state index in [1.54, 1.807) is 24.3 Å². The van der Waals surface area contributed by atoms with Crippen LogP contribution in [-0.4, -0.2) is 11.8 Å². The van der Waals surface area contributed by atoms with Gasteiger partial charge in [-0.2, -0.15) is 0 Å². The summed E-state index contributed by atoms with van der Waals surface area (Å²) in [5.41, 5.74) is 0.622. The fraction of sp³-hybridized carbons (Fsp3) is 0.467. The summed E-state index contributed by atoms with van der Waals surface area (Å²) < 4.78 is 0. The quantitative estimate of drug-likeness (QED) is 0.739. The topological polar surface area (TPSA) is 37.4 Å². The second kappa shape index (κ2) is 3.83. The van der Waals surface area contributed by atoms with Crippen LogP contribution in [0, 0.1) is 23.7 Å². The lowest BCUT2D eigenvalue weighted by Gasteiger charge is -2.19. The van der Waals surface area contributed by atoms with Crippen molar-refractivity contribution in [2.24, 2.45) is 23.7 Å². The predicted octanol–water partition coefficient (Wildman–Crippen LogP) is 2.88. The van der Waals surface area contributed by atoms with Crippen LogP contribution in [0.3, 0.4) is 0 Å². The summed E-state index contributed by atoms with van der Waals surface area (Å²) in [6.45, 7) is 0. The molecule has 4 atom stereocenters. The van der Waals surface area contributed by atoms with Crippen molar-refractivity contribution in [1.82, 2.24) is 0 Å². The number of benzene rings is 1. The van der Waals surface area contributed by atoms with E-state index in [4.69, 9.17) is 11.6 Å². The Bertz CT molecular complexity index is 557. The van der Waals surface area contributed by atoms with Crippen molar-refractivity contribution in [3.8, 4) is 0 Å². The first-order chi connectivity index (χ1) is 9.16. The second-order valence-electron chi connectivity index (χ2n) is 5.88. The minimum absolute atomic E-state index is 0.00975. The smallest absolute Gasteiger partial charge is 0.237 e. The maximum Gasteiger partial charge on any atom is 0.237 e. The Kier molecular flexibility index (Phi) is 2.31. The summed E-state index contributed by atoms with van der Waals surface area (Å²) in [5, 5.41) is 0.554. The Morgan fingerprint density at radius 1 is 1.05 bits per heavy atom. The minimum atomic E-state index is -0.0646. The van der Waals surface area contributed by atoms with Gasteiger partial charge in [0.05, 0.1) is 17.5 Å². The molecular weight excluding hydrogens is 262 g/mol. The van der Waals surface area contributed by atoms with E-state index in [-0.39, 0.29) is 23.7 Å². The highest BCUT2D eigenvalue weighted by Crippen LogP contribution is 2.56. The number of carbonyl (C=O) groups is 2. The van der Waals surface area contributed by atoms with Crippen molar-refractivity contribution in [3.63, 3.8) is 0 Å². The molecule has 3 nitrogen and oxygen atoms in total. The number of rotatable bonds is 1. The molecule has 0 unspecified atom stereocenters. The van der Waals surface area contributed by atoms with Gasteiger partial charge in [-0.15, -0.1) is 0 Å². The Balaban J connectivity index is 1.75. The molecule has 1 aromatic carbocycles. The molecule has 0 N–H and O–H groups in total. The molecule has 0 aromatic heterocycles. The Morgan fingerprint density at radius 3 is 2.26 bits per heavy atom. The zero-order chi connectivity index (χ0) is 13.1. The molecule has 3 aliphatic rings. The number of hydrogen-bond acceptors (Lipinski definition) is 2. The standard InChI is InChI=1S/C15H14ClNO2/c16-10-2-1-3-11(7-10)17-14(18)12-8-4-5-9(6-8)13(12)15(17)19/h1-3,7-9,12-13H,4-6H2/t8-,9-,12-,13+/m1/s1. The van der Waals surface area contributed by atoms with Crippen molar-refractivity contribution in [2.45, 2.75) is 19.3 Å². The first kappa shape index (κ1) is 11.5. The zero-order valence-corrected chi connectivity index (χ0v) is 11.1. The van der Waals surface area contributed by atoms with E-state index in [0.29, 0.717) is 22.5 Å². The lowest BCUT2D eigenvalue weighted by molar-refractivity contribution is -0.123. The molecule has 2 amide bonds. The van der Waals surface area contributed by atoms with Crippen LogP contribution in [0.5, 0.6) is 0 Å². The van der Waals surface area contributed by atoms with Gasteiger partial charge in [0.15, 0.2) is 0 Å². The number of fused-ring (bicyclic) bond motifs is 5. The van der Waals surface area contributed by atoms with Gasteiger partial charge in [0.25, 0.3) is 0 Å². The van der Waals surface area contributed by atoms with Crippen LogP contribution < -0.4 is 4.90 Å². The van der Waals surface area contributed by atoms with Crippen LogP contribution in [0.25, 0.3) is 0 Å². The molecule has 0 radical (unpaired) electrons. The molecule has 98 valence electrons. The molecule has 4 rings (SSSR count). The number of halogens is 1. The van der Waals surface area contributed by atoms with E-state index < -0.39 is 0 Å². The molecule has 1 aliphatic heterocycles. The molecule has 3 fully saturated rings. The molecule has 1 heterocycles. The molecule has 2 saturated carbocycles. The van der Waals surface area contributed by atoms with Crippen LogP contribution in [0.4, 0.5) is 5.69 Å². The van der Waals surface area contributed by atoms with E-state index in [1.165, 1.54) is 4.90 Å². The molecule has 4 heteroatoms. The van der Waals surface area contributed by atoms with Gasteiger partial charge in [-0.25, -0.2) is 4.90 Å². The van der Waals surface area contributed by atoms with Gasteiger partial charge in [0.1, 0.15) is 0 Å². The molecular formula is C15H14ClNO2. The van der Waals surface area contributed by atoms with Crippen LogP contribution in [-0.2, 0) is 9.59 Å². The van der Waals surface area contributed by atoms with Crippen LogP contribution >= 0.6 is 11.6 Å². The van der Waals surface area contributed by atoms with Crippen molar-refractivity contribution in [1.29, 1.82) is 0 Å². The number of carbonyl (C=O) groups excluding carboxylic acids is 2. The molecule has 19 heavy (non-hydrogen) atoms. The van der Waals surface area contributed by atoms with Gasteiger partial charge >= 0.3 is 0 Å². The third-order valence-electron chi connectivity index (χ3n) is 4.99. The largest absolute Gasteiger partial charge is 0.274 e. The number of imide groups is 1. The molecule has 2 bridgehead atoms. The van der Waals surface area contributed by atoms with Gasteiger partial charge in [-0.3, -0.25) is 9.59 Å². The highest BCUT2D eigenvalue weighted by molar-refractivity contribution is 6.31. The maximum atomic E-state index is 12.6. The second-order valence-corrected chi connectivity index (χ2v) is 6.31. The monoisotopic (exact) mass is 275 g/mol. The Morgan fingerprint density at radius 2 is 1.68 bits per heavy atom. The summed E-state index contributed by atoms with van der Waals surface area (Å²) in [5.74, 6) is 0.704. The van der Waals surface area contributed by atoms with Gasteiger partial charge < -0.3 is 0 Å². The van der Waals surface area contributed by atoms with E-state index >= 15 is 0 Å². The number of anilines is 1. The number of nitrogens with zero attached hydrogens (tertiary/aromatic N) is 1. The summed E-state index contributed by atoms with van der Waals surface area (Å²) in [6, 6.07) is 7.01. The van der Waals surface area contributed by atoms with Crippen LogP contribution in [0.15, 0.2) is 24.3 Å². The highest BCUT2D eigenvalue weighted by Gasteiger charge is 2.61. The lowest BCUT2D eigenvalue weighted by atomic mass is 9.81. The van der Waals surface area contributed by atoms with Gasteiger partial charge in [-0.1, -0.05) is 17.7 Å². The van der Waals surface area contributed by atoms with E-state index in [1.807, 2.05) is 0 Å². The van der Waals surface area contributed by atoms with Crippen molar-refractivity contribution >= 4 is 29.1 Å². The van der Waals surface area contributed by atoms with Crippen molar-refractivity contribution < 1.29 is 9.59 Å². The third kappa shape index (κ3) is 1.45. The van der Waals surface area contributed by atoms with Crippen molar-refractivity contribution in [2.75, 3.05) is 4.90 Å². The average molecular weight is 276 g/mol. The Hall–Kier alpha value is -1.35. The van der Waals surface area contributed by atoms with E-state index in [9.17, 15) is 9.59 Å².